The van der Waals surface area contributed by atoms with Gasteiger partial charge in [-0.05, 0) is 25.1 Å². The van der Waals surface area contributed by atoms with E-state index in [1.807, 2.05) is 0 Å². The van der Waals surface area contributed by atoms with Crippen molar-refractivity contribution in [2.24, 2.45) is 0 Å². The molecule has 0 saturated heterocycles. The van der Waals surface area contributed by atoms with Gasteiger partial charge in [-0.25, -0.2) is 4.39 Å². The van der Waals surface area contributed by atoms with Gasteiger partial charge in [0.05, 0.1) is 12.7 Å². The van der Waals surface area contributed by atoms with Gasteiger partial charge in [0.15, 0.2) is 0 Å². The largest absolute Gasteiger partial charge is 0.496 e. The Hall–Kier alpha value is -1.91. The zero-order valence-electron chi connectivity index (χ0n) is 9.04. The Morgan fingerprint density at radius 1 is 1.44 bits per heavy atom. The molecule has 1 N–H and O–H groups in total. The van der Waals surface area contributed by atoms with Crippen LogP contribution in [0.4, 0.5) is 4.39 Å². The summed E-state index contributed by atoms with van der Waals surface area (Å²) >= 11 is 0. The lowest BCUT2D eigenvalue weighted by Gasteiger charge is -2.07. The maximum absolute atomic E-state index is 13.0. The van der Waals surface area contributed by atoms with Crippen LogP contribution in [0.3, 0.4) is 0 Å². The van der Waals surface area contributed by atoms with Gasteiger partial charge in [-0.1, -0.05) is 0 Å². The summed E-state index contributed by atoms with van der Waals surface area (Å²) in [5.74, 6) is -1.99. The fourth-order valence-electron chi connectivity index (χ4n) is 1.22. The molecule has 4 nitrogen and oxygen atoms in total. The Bertz CT molecular complexity index is 418. The van der Waals surface area contributed by atoms with Gasteiger partial charge in [-0.3, -0.25) is 9.59 Å². The molecule has 1 aromatic carbocycles. The minimum Gasteiger partial charge on any atom is -0.496 e. The van der Waals surface area contributed by atoms with Gasteiger partial charge >= 0.3 is 0 Å². The highest BCUT2D eigenvalue weighted by atomic mass is 19.1. The van der Waals surface area contributed by atoms with E-state index >= 15 is 0 Å². The van der Waals surface area contributed by atoms with Crippen LogP contribution >= 0.6 is 0 Å². The zero-order chi connectivity index (χ0) is 12.1. The molecule has 0 aliphatic heterocycles. The fourth-order valence-corrected chi connectivity index (χ4v) is 1.22. The zero-order valence-corrected chi connectivity index (χ0v) is 9.04. The number of halogens is 1. The third kappa shape index (κ3) is 2.56. The average molecular weight is 225 g/mol. The second kappa shape index (κ2) is 5.25. The van der Waals surface area contributed by atoms with Crippen molar-refractivity contribution in [2.75, 3.05) is 13.7 Å². The van der Waals surface area contributed by atoms with Crippen LogP contribution in [-0.4, -0.2) is 25.3 Å². The number of benzene rings is 1. The minimum atomic E-state index is -0.807. The van der Waals surface area contributed by atoms with Crippen molar-refractivity contribution in [3.8, 4) is 5.75 Å². The monoisotopic (exact) mass is 225 g/mol. The summed E-state index contributed by atoms with van der Waals surface area (Å²) in [6.07, 6.45) is 0. The molecule has 16 heavy (non-hydrogen) atoms. The van der Waals surface area contributed by atoms with Crippen LogP contribution < -0.4 is 10.1 Å². The highest BCUT2D eigenvalue weighted by molar-refractivity contribution is 6.43. The molecule has 0 atom stereocenters. The summed E-state index contributed by atoms with van der Waals surface area (Å²) in [5, 5.41) is 2.35. The van der Waals surface area contributed by atoms with Crippen molar-refractivity contribution in [3.63, 3.8) is 0 Å². The second-order valence-electron chi connectivity index (χ2n) is 3.03. The van der Waals surface area contributed by atoms with E-state index < -0.39 is 17.5 Å². The Morgan fingerprint density at radius 2 is 2.12 bits per heavy atom. The number of methoxy groups -OCH3 is 1. The maximum Gasteiger partial charge on any atom is 0.292 e. The van der Waals surface area contributed by atoms with E-state index in [-0.39, 0.29) is 11.3 Å². The highest BCUT2D eigenvalue weighted by Crippen LogP contribution is 2.19. The van der Waals surface area contributed by atoms with Crippen LogP contribution in [0.5, 0.6) is 5.75 Å². The number of hydrogen-bond donors (Lipinski definition) is 1. The molecular formula is C11H12FNO3. The van der Waals surface area contributed by atoms with Gasteiger partial charge in [0.1, 0.15) is 11.6 Å². The normalized spacial score (nSPS) is 9.69. The Morgan fingerprint density at radius 3 is 2.69 bits per heavy atom. The molecule has 86 valence electrons. The lowest BCUT2D eigenvalue weighted by molar-refractivity contribution is -0.116. The number of likely N-dealkylation sites (N-methyl/N-ethyl adjacent to an activating group) is 1. The first-order chi connectivity index (χ1) is 7.60. The summed E-state index contributed by atoms with van der Waals surface area (Å²) < 4.78 is 17.8. The number of rotatable bonds is 4. The quantitative estimate of drug-likeness (QED) is 0.617. The van der Waals surface area contributed by atoms with Crippen molar-refractivity contribution < 1.29 is 18.7 Å². The van der Waals surface area contributed by atoms with Crippen LogP contribution in [0.1, 0.15) is 17.3 Å². The van der Waals surface area contributed by atoms with Gasteiger partial charge in [-0.15, -0.1) is 0 Å². The van der Waals surface area contributed by atoms with Gasteiger partial charge in [0.2, 0.25) is 0 Å². The molecule has 0 fully saturated rings. The van der Waals surface area contributed by atoms with Crippen LogP contribution in [0.2, 0.25) is 0 Å². The number of ketones is 1. The average Bonchev–Trinajstić information content (AvgIpc) is 2.28. The van der Waals surface area contributed by atoms with E-state index in [4.69, 9.17) is 4.74 Å². The van der Waals surface area contributed by atoms with Crippen LogP contribution in [0.25, 0.3) is 0 Å². The molecule has 0 saturated carbocycles. The first-order valence-electron chi connectivity index (χ1n) is 4.76. The predicted molar refractivity (Wildman–Crippen MR) is 56.0 cm³/mol. The van der Waals surface area contributed by atoms with E-state index in [1.165, 1.54) is 13.2 Å². The molecule has 0 bridgehead atoms. The predicted octanol–water partition coefficient (Wildman–Crippen LogP) is 1.15. The maximum atomic E-state index is 13.0. The first-order valence-corrected chi connectivity index (χ1v) is 4.76. The van der Waals surface area contributed by atoms with Crippen molar-refractivity contribution in [3.05, 3.63) is 29.6 Å². The fraction of sp³-hybridized carbons (Fsp3) is 0.273. The molecule has 0 aliphatic rings. The molecule has 0 aromatic heterocycles. The molecule has 1 amide bonds. The third-order valence-electron chi connectivity index (χ3n) is 1.95. The van der Waals surface area contributed by atoms with Crippen LogP contribution in [0.15, 0.2) is 18.2 Å². The van der Waals surface area contributed by atoms with Gasteiger partial charge in [0, 0.05) is 6.54 Å². The van der Waals surface area contributed by atoms with Crippen molar-refractivity contribution in [1.82, 2.24) is 5.32 Å². The van der Waals surface area contributed by atoms with Crippen molar-refractivity contribution >= 4 is 11.7 Å². The van der Waals surface area contributed by atoms with Crippen molar-refractivity contribution in [2.45, 2.75) is 6.92 Å². The smallest absolute Gasteiger partial charge is 0.292 e. The molecule has 0 aliphatic carbocycles. The number of nitrogens with one attached hydrogen (secondary N) is 1. The standard InChI is InChI=1S/C11H12FNO3/c1-3-13-11(15)10(14)8-6-7(12)4-5-9(8)16-2/h4-6H,3H2,1-2H3,(H,13,15). The SMILES string of the molecule is CCNC(=O)C(=O)c1cc(F)ccc1OC. The van der Waals surface area contributed by atoms with E-state index in [0.29, 0.717) is 6.54 Å². The molecule has 1 aromatic rings. The van der Waals surface area contributed by atoms with E-state index in [2.05, 4.69) is 5.32 Å². The van der Waals surface area contributed by atoms with Gasteiger partial charge < -0.3 is 10.1 Å². The van der Waals surface area contributed by atoms with Crippen LogP contribution in [-0.2, 0) is 4.79 Å². The summed E-state index contributed by atoms with van der Waals surface area (Å²) in [4.78, 5) is 22.9. The van der Waals surface area contributed by atoms with E-state index in [1.54, 1.807) is 6.92 Å². The first kappa shape index (κ1) is 12.2. The van der Waals surface area contributed by atoms with Gasteiger partial charge in [-0.2, -0.15) is 0 Å². The summed E-state index contributed by atoms with van der Waals surface area (Å²) in [7, 11) is 1.35. The number of hydrogen-bond acceptors (Lipinski definition) is 3. The third-order valence-corrected chi connectivity index (χ3v) is 1.95. The molecular weight excluding hydrogens is 213 g/mol. The Kier molecular flexibility index (Phi) is 3.99. The highest BCUT2D eigenvalue weighted by Gasteiger charge is 2.20. The second-order valence-corrected chi connectivity index (χ2v) is 3.03. The van der Waals surface area contributed by atoms with E-state index in [9.17, 15) is 14.0 Å². The molecule has 0 heterocycles. The molecule has 1 rings (SSSR count). The summed E-state index contributed by atoms with van der Waals surface area (Å²) in [6.45, 7) is 2.02. The topological polar surface area (TPSA) is 55.4 Å². The molecule has 0 unspecified atom stereocenters. The number of carbonyl (C=O) groups excluding carboxylic acids is 2. The van der Waals surface area contributed by atoms with Crippen molar-refractivity contribution in [1.29, 1.82) is 0 Å². The Balaban J connectivity index is 3.06. The minimum absolute atomic E-state index is 0.0755. The Labute approximate surface area is 92.4 Å². The summed E-state index contributed by atoms with van der Waals surface area (Å²) in [6, 6.07) is 3.45. The van der Waals surface area contributed by atoms with Gasteiger partial charge in [0.25, 0.3) is 11.7 Å². The molecule has 0 radical (unpaired) electrons. The summed E-state index contributed by atoms with van der Waals surface area (Å²) in [5.41, 5.74) is -0.0755. The number of ether oxygens (including phenoxy) is 1. The molecule has 0 spiro atoms. The number of Topliss-reactive ketones (excluding diaryl/α,β-unsaturated/α-hetero) is 1. The number of amides is 1. The lowest BCUT2D eigenvalue weighted by Crippen LogP contribution is -2.31. The van der Waals surface area contributed by atoms with Crippen LogP contribution in [0, 0.1) is 5.82 Å². The molecule has 5 heteroatoms. The lowest BCUT2D eigenvalue weighted by atomic mass is 10.1. The van der Waals surface area contributed by atoms with E-state index in [0.717, 1.165) is 12.1 Å². The number of carbonyl (C=O) groups is 2.